The summed E-state index contributed by atoms with van der Waals surface area (Å²) in [4.78, 5) is 11.0. The van der Waals surface area contributed by atoms with Gasteiger partial charge in [0.2, 0.25) is 11.5 Å². The Kier molecular flexibility index (Phi) is 7.73. The molecule has 0 fully saturated rings. The highest BCUT2D eigenvalue weighted by Crippen LogP contribution is 2.44. The molecule has 34 heavy (non-hydrogen) atoms. The minimum absolute atomic E-state index is 0.00674. The van der Waals surface area contributed by atoms with E-state index in [4.69, 9.17) is 11.6 Å². The Morgan fingerprint density at radius 3 is 1.79 bits per heavy atom. The third-order valence-corrected chi connectivity index (χ3v) is 5.02. The lowest BCUT2D eigenvalue weighted by Crippen LogP contribution is -2.48. The largest absolute Gasteiger partial charge is 0.423 e. The Hall–Kier alpha value is -2.67. The Bertz CT molecular complexity index is 1020. The van der Waals surface area contributed by atoms with Gasteiger partial charge in [-0.05, 0) is 41.5 Å². The van der Waals surface area contributed by atoms with Crippen molar-refractivity contribution >= 4 is 23.2 Å². The Morgan fingerprint density at radius 2 is 1.38 bits per heavy atom. The number of rotatable bonds is 6. The molecule has 0 aliphatic carbocycles. The molecule has 0 aliphatic rings. The predicted molar refractivity (Wildman–Crippen MR) is 104 cm³/mol. The minimum Gasteiger partial charge on any atom is -0.381 e. The Labute approximate surface area is 191 Å². The molecule has 188 valence electrons. The molecule has 2 aromatic rings. The van der Waals surface area contributed by atoms with Crippen LogP contribution in [0, 0.1) is 0 Å². The molecule has 0 bridgehead atoms. The van der Waals surface area contributed by atoms with E-state index in [0.717, 1.165) is 6.07 Å². The Balaban J connectivity index is 2.46. The SMILES string of the molecule is CC(=O)NCc1ccc(NC[C@@](O)(c2cc(C(F)(F)F)cc(C(F)(F)F)c2)C(F)(F)F)cc1Cl. The third kappa shape index (κ3) is 6.47. The van der Waals surface area contributed by atoms with Gasteiger partial charge in [0.15, 0.2) is 0 Å². The third-order valence-electron chi connectivity index (χ3n) is 4.66. The lowest BCUT2D eigenvalue weighted by Gasteiger charge is -2.32. The molecule has 1 amide bonds. The normalized spacial score (nSPS) is 14.5. The van der Waals surface area contributed by atoms with Crippen molar-refractivity contribution in [3.8, 4) is 0 Å². The van der Waals surface area contributed by atoms with Gasteiger partial charge in [-0.15, -0.1) is 0 Å². The highest BCUT2D eigenvalue weighted by atomic mass is 35.5. The van der Waals surface area contributed by atoms with Crippen LogP contribution in [0.5, 0.6) is 0 Å². The Morgan fingerprint density at radius 1 is 0.882 bits per heavy atom. The van der Waals surface area contributed by atoms with Crippen molar-refractivity contribution in [1.82, 2.24) is 5.32 Å². The van der Waals surface area contributed by atoms with Crippen molar-refractivity contribution in [3.63, 3.8) is 0 Å². The summed E-state index contributed by atoms with van der Waals surface area (Å²) in [5.74, 6) is -0.382. The van der Waals surface area contributed by atoms with Crippen molar-refractivity contribution < 1.29 is 49.4 Å². The van der Waals surface area contributed by atoms with E-state index in [9.17, 15) is 49.4 Å². The molecule has 0 heterocycles. The number of aliphatic hydroxyl groups is 1. The van der Waals surface area contributed by atoms with E-state index in [2.05, 4.69) is 10.6 Å². The van der Waals surface area contributed by atoms with E-state index >= 15 is 0 Å². The van der Waals surface area contributed by atoms with Gasteiger partial charge in [0.25, 0.3) is 0 Å². The number of nitrogens with one attached hydrogen (secondary N) is 2. The molecule has 2 rings (SSSR count). The molecule has 0 aliphatic heterocycles. The number of carbonyl (C=O) groups is 1. The van der Waals surface area contributed by atoms with Gasteiger partial charge >= 0.3 is 18.5 Å². The van der Waals surface area contributed by atoms with E-state index in [-0.39, 0.29) is 41.4 Å². The zero-order valence-corrected chi connectivity index (χ0v) is 17.8. The van der Waals surface area contributed by atoms with Crippen LogP contribution in [-0.2, 0) is 29.3 Å². The number of halogens is 10. The highest BCUT2D eigenvalue weighted by molar-refractivity contribution is 6.31. The van der Waals surface area contributed by atoms with Gasteiger partial charge in [-0.2, -0.15) is 39.5 Å². The second-order valence-corrected chi connectivity index (χ2v) is 7.63. The van der Waals surface area contributed by atoms with Crippen LogP contribution in [0.25, 0.3) is 0 Å². The second-order valence-electron chi connectivity index (χ2n) is 7.22. The summed E-state index contributed by atoms with van der Waals surface area (Å²) in [5, 5.41) is 14.9. The maximum Gasteiger partial charge on any atom is 0.423 e. The first-order valence-corrected chi connectivity index (χ1v) is 9.58. The number of hydrogen-bond donors (Lipinski definition) is 3. The average Bonchev–Trinajstić information content (AvgIpc) is 2.68. The summed E-state index contributed by atoms with van der Waals surface area (Å²) < 4.78 is 120. The van der Waals surface area contributed by atoms with Crippen LogP contribution in [0.1, 0.15) is 29.2 Å². The molecule has 0 saturated heterocycles. The molecule has 0 unspecified atom stereocenters. The zero-order chi connectivity index (χ0) is 26.1. The van der Waals surface area contributed by atoms with Crippen LogP contribution in [0.3, 0.4) is 0 Å². The van der Waals surface area contributed by atoms with Gasteiger partial charge < -0.3 is 15.7 Å². The van der Waals surface area contributed by atoms with Crippen LogP contribution in [0.4, 0.5) is 45.2 Å². The maximum atomic E-state index is 13.7. The van der Waals surface area contributed by atoms with E-state index in [1.54, 1.807) is 0 Å². The van der Waals surface area contributed by atoms with Crippen LogP contribution in [-0.4, -0.2) is 23.7 Å². The number of anilines is 1. The van der Waals surface area contributed by atoms with Crippen LogP contribution < -0.4 is 10.6 Å². The molecule has 0 radical (unpaired) electrons. The molecule has 0 aromatic heterocycles. The molecule has 4 nitrogen and oxygen atoms in total. The average molecular weight is 523 g/mol. The van der Waals surface area contributed by atoms with E-state index in [1.165, 1.54) is 19.1 Å². The predicted octanol–water partition coefficient (Wildman–Crippen LogP) is 5.88. The number of amides is 1. The monoisotopic (exact) mass is 522 g/mol. The van der Waals surface area contributed by atoms with Gasteiger partial charge in [-0.1, -0.05) is 17.7 Å². The van der Waals surface area contributed by atoms with Crippen molar-refractivity contribution in [2.45, 2.75) is 37.6 Å². The summed E-state index contributed by atoms with van der Waals surface area (Å²) in [6.07, 6.45) is -16.5. The van der Waals surface area contributed by atoms with Crippen molar-refractivity contribution in [2.24, 2.45) is 0 Å². The molecule has 0 saturated carbocycles. The summed E-state index contributed by atoms with van der Waals surface area (Å²) in [6.45, 7) is -0.304. The number of hydrogen-bond acceptors (Lipinski definition) is 3. The number of carbonyl (C=O) groups excluding carboxylic acids is 1. The van der Waals surface area contributed by atoms with Crippen molar-refractivity contribution in [3.05, 3.63) is 63.7 Å². The smallest absolute Gasteiger partial charge is 0.381 e. The number of benzene rings is 2. The summed E-state index contributed by atoms with van der Waals surface area (Å²) >= 11 is 5.99. The fraction of sp³-hybridized carbons (Fsp3) is 0.350. The van der Waals surface area contributed by atoms with Gasteiger partial charge in [-0.25, -0.2) is 0 Å². The molecular formula is C20H16ClF9N2O2. The van der Waals surface area contributed by atoms with E-state index in [1.807, 2.05) is 0 Å². The maximum absolute atomic E-state index is 13.7. The number of alkyl halides is 9. The highest BCUT2D eigenvalue weighted by Gasteiger charge is 2.56. The van der Waals surface area contributed by atoms with Crippen LogP contribution >= 0.6 is 11.6 Å². The van der Waals surface area contributed by atoms with Crippen LogP contribution in [0.2, 0.25) is 5.02 Å². The fourth-order valence-corrected chi connectivity index (χ4v) is 3.06. The fourth-order valence-electron chi connectivity index (χ4n) is 2.81. The molecular weight excluding hydrogens is 507 g/mol. The quantitative estimate of drug-likeness (QED) is 0.416. The van der Waals surface area contributed by atoms with Crippen molar-refractivity contribution in [2.75, 3.05) is 11.9 Å². The molecule has 0 spiro atoms. The van der Waals surface area contributed by atoms with Crippen LogP contribution in [0.15, 0.2) is 36.4 Å². The van der Waals surface area contributed by atoms with Gasteiger partial charge in [0, 0.05) is 24.2 Å². The van der Waals surface area contributed by atoms with E-state index in [0.29, 0.717) is 5.56 Å². The molecule has 1 atom stereocenters. The zero-order valence-electron chi connectivity index (χ0n) is 17.0. The first-order valence-electron chi connectivity index (χ1n) is 9.20. The van der Waals surface area contributed by atoms with Gasteiger partial charge in [-0.3, -0.25) is 4.79 Å². The first-order chi connectivity index (χ1) is 15.3. The lowest BCUT2D eigenvalue weighted by atomic mass is 9.89. The first kappa shape index (κ1) is 27.6. The minimum atomic E-state index is -5.66. The second kappa shape index (κ2) is 9.53. The summed E-state index contributed by atoms with van der Waals surface area (Å²) in [7, 11) is 0. The molecule has 3 N–H and O–H groups in total. The van der Waals surface area contributed by atoms with Gasteiger partial charge in [0.1, 0.15) is 0 Å². The lowest BCUT2D eigenvalue weighted by molar-refractivity contribution is -0.261. The molecule has 2 aromatic carbocycles. The molecule has 14 heteroatoms. The summed E-state index contributed by atoms with van der Waals surface area (Å²) in [5.41, 5.74) is -9.54. The standard InChI is InChI=1S/C20H16ClF9N2O2/c1-10(33)31-8-11-2-3-15(7-16(11)21)32-9-17(34,20(28,29)30)12-4-13(18(22,23)24)6-14(5-12)19(25,26)27/h2-7,32,34H,8-9H2,1H3,(H,31,33)/t17-/m1/s1. The van der Waals surface area contributed by atoms with E-state index < -0.39 is 47.4 Å². The topological polar surface area (TPSA) is 61.4 Å². The van der Waals surface area contributed by atoms with Gasteiger partial charge in [0.05, 0.1) is 17.7 Å². The van der Waals surface area contributed by atoms with Crippen molar-refractivity contribution in [1.29, 1.82) is 0 Å². The summed E-state index contributed by atoms with van der Waals surface area (Å²) in [6, 6.07) is 2.91.